The summed E-state index contributed by atoms with van der Waals surface area (Å²) < 4.78 is 32.6. The van der Waals surface area contributed by atoms with Crippen molar-refractivity contribution in [2.45, 2.75) is 30.9 Å². The SMILES string of the molecule is Cc1ccc(S(=O)(=O)N2CC(=O)C[C@H]2COCc2ccccc2)cc1. The van der Waals surface area contributed by atoms with Crippen LogP contribution >= 0.6 is 0 Å². The van der Waals surface area contributed by atoms with E-state index in [1.165, 1.54) is 4.31 Å². The summed E-state index contributed by atoms with van der Waals surface area (Å²) in [5, 5.41) is 0. The van der Waals surface area contributed by atoms with Crippen LogP contribution in [0.25, 0.3) is 0 Å². The number of Topliss-reactive ketones (excluding diaryl/α,β-unsaturated/α-hetero) is 1. The van der Waals surface area contributed by atoms with Crippen LogP contribution in [0.4, 0.5) is 0 Å². The van der Waals surface area contributed by atoms with Gasteiger partial charge in [0.15, 0.2) is 0 Å². The van der Waals surface area contributed by atoms with E-state index in [4.69, 9.17) is 4.74 Å². The van der Waals surface area contributed by atoms with Gasteiger partial charge in [-0.05, 0) is 24.6 Å². The van der Waals surface area contributed by atoms with Crippen LogP contribution in [-0.4, -0.2) is 37.7 Å². The number of nitrogens with zero attached hydrogens (tertiary/aromatic N) is 1. The predicted molar refractivity (Wildman–Crippen MR) is 94.6 cm³/mol. The van der Waals surface area contributed by atoms with Gasteiger partial charge < -0.3 is 4.74 Å². The minimum absolute atomic E-state index is 0.0796. The highest BCUT2D eigenvalue weighted by atomic mass is 32.2. The maximum atomic E-state index is 12.9. The highest BCUT2D eigenvalue weighted by Crippen LogP contribution is 2.25. The molecule has 0 aliphatic carbocycles. The lowest BCUT2D eigenvalue weighted by atomic mass is 10.2. The minimum Gasteiger partial charge on any atom is -0.375 e. The van der Waals surface area contributed by atoms with E-state index in [0.717, 1.165) is 11.1 Å². The second-order valence-corrected chi connectivity index (χ2v) is 8.15. The zero-order chi connectivity index (χ0) is 17.9. The monoisotopic (exact) mass is 359 g/mol. The van der Waals surface area contributed by atoms with E-state index >= 15 is 0 Å². The van der Waals surface area contributed by atoms with Crippen molar-refractivity contribution < 1.29 is 17.9 Å². The predicted octanol–water partition coefficient (Wildman–Crippen LogP) is 2.54. The number of ketones is 1. The van der Waals surface area contributed by atoms with Crippen molar-refractivity contribution in [3.63, 3.8) is 0 Å². The highest BCUT2D eigenvalue weighted by molar-refractivity contribution is 7.89. The summed E-state index contributed by atoms with van der Waals surface area (Å²) in [6.45, 7) is 2.40. The molecule has 0 N–H and O–H groups in total. The van der Waals surface area contributed by atoms with Gasteiger partial charge in [0.2, 0.25) is 10.0 Å². The van der Waals surface area contributed by atoms with Crippen LogP contribution in [0.5, 0.6) is 0 Å². The summed E-state index contributed by atoms with van der Waals surface area (Å²) in [5.41, 5.74) is 2.00. The van der Waals surface area contributed by atoms with Crippen molar-refractivity contribution in [3.8, 4) is 0 Å². The number of hydrogen-bond acceptors (Lipinski definition) is 4. The summed E-state index contributed by atoms with van der Waals surface area (Å²) in [6.07, 6.45) is 0.194. The molecule has 1 saturated heterocycles. The molecule has 0 spiro atoms. The third-order valence-corrected chi connectivity index (χ3v) is 6.16. The summed E-state index contributed by atoms with van der Waals surface area (Å²) in [5.74, 6) is -0.0796. The molecular formula is C19H21NO4S. The Morgan fingerprint density at radius 2 is 1.76 bits per heavy atom. The molecule has 2 aromatic carbocycles. The topological polar surface area (TPSA) is 63.7 Å². The Bertz CT molecular complexity index is 831. The van der Waals surface area contributed by atoms with E-state index in [2.05, 4.69) is 0 Å². The molecule has 3 rings (SSSR count). The molecule has 2 aromatic rings. The standard InChI is InChI=1S/C19H21NO4S/c1-15-7-9-19(10-8-15)25(22,23)20-12-18(21)11-17(20)14-24-13-16-5-3-2-4-6-16/h2-10,17H,11-14H2,1H3/t17-/m0/s1. The lowest BCUT2D eigenvalue weighted by Crippen LogP contribution is -2.38. The van der Waals surface area contributed by atoms with Crippen molar-refractivity contribution in [2.24, 2.45) is 0 Å². The van der Waals surface area contributed by atoms with E-state index in [0.29, 0.717) is 6.61 Å². The Morgan fingerprint density at radius 1 is 1.08 bits per heavy atom. The number of rotatable bonds is 6. The molecule has 1 heterocycles. The Kier molecular flexibility index (Phi) is 5.32. The smallest absolute Gasteiger partial charge is 0.243 e. The van der Waals surface area contributed by atoms with E-state index in [9.17, 15) is 13.2 Å². The quantitative estimate of drug-likeness (QED) is 0.795. The van der Waals surface area contributed by atoms with Gasteiger partial charge in [-0.1, -0.05) is 48.0 Å². The molecule has 0 bridgehead atoms. The van der Waals surface area contributed by atoms with Gasteiger partial charge in [0.1, 0.15) is 5.78 Å². The first-order valence-corrected chi connectivity index (χ1v) is 9.63. The number of sulfonamides is 1. The van der Waals surface area contributed by atoms with E-state index in [1.807, 2.05) is 37.3 Å². The molecule has 1 atom stereocenters. The van der Waals surface area contributed by atoms with Crippen molar-refractivity contribution in [1.82, 2.24) is 4.31 Å². The molecular weight excluding hydrogens is 338 g/mol. The summed E-state index contributed by atoms with van der Waals surface area (Å²) in [6, 6.07) is 15.9. The van der Waals surface area contributed by atoms with Crippen LogP contribution < -0.4 is 0 Å². The third kappa shape index (κ3) is 4.15. The van der Waals surface area contributed by atoms with E-state index in [1.54, 1.807) is 24.3 Å². The minimum atomic E-state index is -3.70. The van der Waals surface area contributed by atoms with Gasteiger partial charge >= 0.3 is 0 Å². The molecule has 0 saturated carbocycles. The second kappa shape index (κ2) is 7.47. The number of carbonyl (C=O) groups excluding carboxylic acids is 1. The van der Waals surface area contributed by atoms with E-state index in [-0.39, 0.29) is 30.3 Å². The highest BCUT2D eigenvalue weighted by Gasteiger charge is 2.39. The average molecular weight is 359 g/mol. The van der Waals surface area contributed by atoms with Gasteiger partial charge in [0.05, 0.1) is 30.7 Å². The Hall–Kier alpha value is -2.02. The van der Waals surface area contributed by atoms with Crippen LogP contribution in [0.2, 0.25) is 0 Å². The number of ether oxygens (including phenoxy) is 1. The van der Waals surface area contributed by atoms with Crippen LogP contribution in [0.1, 0.15) is 17.5 Å². The van der Waals surface area contributed by atoms with Gasteiger partial charge in [-0.3, -0.25) is 4.79 Å². The van der Waals surface area contributed by atoms with Crippen molar-refractivity contribution in [2.75, 3.05) is 13.2 Å². The Labute approximate surface area is 148 Å². The van der Waals surface area contributed by atoms with Crippen LogP contribution in [0.15, 0.2) is 59.5 Å². The molecule has 6 heteroatoms. The van der Waals surface area contributed by atoms with Crippen LogP contribution in [-0.2, 0) is 26.2 Å². The van der Waals surface area contributed by atoms with Crippen LogP contribution in [0, 0.1) is 6.92 Å². The van der Waals surface area contributed by atoms with Gasteiger partial charge in [0, 0.05) is 6.42 Å². The molecule has 0 radical (unpaired) electrons. The molecule has 25 heavy (non-hydrogen) atoms. The number of carbonyl (C=O) groups is 1. The van der Waals surface area contributed by atoms with Gasteiger partial charge in [-0.15, -0.1) is 0 Å². The molecule has 1 fully saturated rings. The van der Waals surface area contributed by atoms with Crippen LogP contribution in [0.3, 0.4) is 0 Å². The first-order chi connectivity index (χ1) is 12.0. The molecule has 132 valence electrons. The number of benzene rings is 2. The molecule has 5 nitrogen and oxygen atoms in total. The summed E-state index contributed by atoms with van der Waals surface area (Å²) in [4.78, 5) is 12.1. The number of hydrogen-bond donors (Lipinski definition) is 0. The fraction of sp³-hybridized carbons (Fsp3) is 0.316. The normalized spacial score (nSPS) is 18.6. The summed E-state index contributed by atoms with van der Waals surface area (Å²) in [7, 11) is -3.70. The largest absolute Gasteiger partial charge is 0.375 e. The Morgan fingerprint density at radius 3 is 2.44 bits per heavy atom. The van der Waals surface area contributed by atoms with Gasteiger partial charge in [-0.2, -0.15) is 4.31 Å². The van der Waals surface area contributed by atoms with Gasteiger partial charge in [0.25, 0.3) is 0 Å². The van der Waals surface area contributed by atoms with E-state index < -0.39 is 16.1 Å². The van der Waals surface area contributed by atoms with Crippen molar-refractivity contribution >= 4 is 15.8 Å². The zero-order valence-electron chi connectivity index (χ0n) is 14.1. The lowest BCUT2D eigenvalue weighted by Gasteiger charge is -2.23. The van der Waals surface area contributed by atoms with Crippen molar-refractivity contribution in [1.29, 1.82) is 0 Å². The Balaban J connectivity index is 1.70. The first kappa shape index (κ1) is 17.8. The fourth-order valence-electron chi connectivity index (χ4n) is 2.89. The second-order valence-electron chi connectivity index (χ2n) is 6.26. The molecule has 0 unspecified atom stereocenters. The lowest BCUT2D eigenvalue weighted by molar-refractivity contribution is -0.116. The molecule has 0 amide bonds. The first-order valence-electron chi connectivity index (χ1n) is 8.19. The maximum absolute atomic E-state index is 12.9. The van der Waals surface area contributed by atoms with Gasteiger partial charge in [-0.25, -0.2) is 8.42 Å². The molecule has 1 aliphatic heterocycles. The summed E-state index contributed by atoms with van der Waals surface area (Å²) >= 11 is 0. The van der Waals surface area contributed by atoms with Crippen molar-refractivity contribution in [3.05, 3.63) is 65.7 Å². The number of aryl methyl sites for hydroxylation is 1. The molecule has 0 aromatic heterocycles. The fourth-order valence-corrected chi connectivity index (χ4v) is 4.48. The molecule has 1 aliphatic rings. The maximum Gasteiger partial charge on any atom is 0.243 e. The third-order valence-electron chi connectivity index (χ3n) is 4.25. The zero-order valence-corrected chi connectivity index (χ0v) is 14.9. The average Bonchev–Trinajstić information content (AvgIpc) is 2.98.